The first-order valence-corrected chi connectivity index (χ1v) is 13.6. The van der Waals surface area contributed by atoms with Gasteiger partial charge in [-0.15, -0.1) is 10.3 Å². The van der Waals surface area contributed by atoms with E-state index in [0.717, 1.165) is 24.0 Å². The van der Waals surface area contributed by atoms with Crippen molar-refractivity contribution >= 4 is 43.1 Å². The number of hydrogen-bond donors (Lipinski definition) is 1. The van der Waals surface area contributed by atoms with Crippen molar-refractivity contribution in [1.29, 1.82) is 0 Å². The first-order valence-electron chi connectivity index (χ1n) is 12.2. The number of nitrogens with one attached hydrogen (secondary N) is 1. The van der Waals surface area contributed by atoms with Crippen molar-refractivity contribution in [1.82, 2.24) is 14.5 Å². The highest BCUT2D eigenvalue weighted by molar-refractivity contribution is 7.86. The van der Waals surface area contributed by atoms with Gasteiger partial charge in [-0.25, -0.2) is 0 Å². The first kappa shape index (κ1) is 24.2. The number of halogens is 1. The van der Waals surface area contributed by atoms with Crippen LogP contribution >= 0.6 is 0 Å². The van der Waals surface area contributed by atoms with E-state index in [4.69, 9.17) is 11.2 Å². The molecule has 0 amide bonds. The molecule has 0 saturated carbocycles. The molecule has 6 rings (SSSR count). The van der Waals surface area contributed by atoms with Crippen LogP contribution in [0.4, 0.5) is 3.89 Å². The van der Waals surface area contributed by atoms with Crippen LogP contribution < -0.4 is 10.2 Å². The quantitative estimate of drug-likeness (QED) is 0.261. The van der Waals surface area contributed by atoms with Gasteiger partial charge < -0.3 is 19.2 Å². The molecule has 1 fully saturated rings. The van der Waals surface area contributed by atoms with Gasteiger partial charge >= 0.3 is 10.2 Å². The van der Waals surface area contributed by atoms with Crippen LogP contribution in [0.1, 0.15) is 18.5 Å². The minimum atomic E-state index is -4.90. The lowest BCUT2D eigenvalue weighted by Crippen LogP contribution is -2.45. The van der Waals surface area contributed by atoms with Gasteiger partial charge in [-0.2, -0.15) is 8.42 Å². The van der Waals surface area contributed by atoms with Gasteiger partial charge in [0.25, 0.3) is 0 Å². The van der Waals surface area contributed by atoms with E-state index in [1.165, 1.54) is 18.2 Å². The lowest BCUT2D eigenvalue weighted by Gasteiger charge is -2.39. The fraction of sp³-hybridized carbons (Fsp3) is 0.207. The molecule has 0 spiro atoms. The topological polar surface area (TPSA) is 84.4 Å². The second-order valence-corrected chi connectivity index (χ2v) is 10.9. The summed E-state index contributed by atoms with van der Waals surface area (Å²) >= 11 is 0. The van der Waals surface area contributed by atoms with Crippen LogP contribution in [-0.2, 0) is 10.2 Å². The summed E-state index contributed by atoms with van der Waals surface area (Å²) in [5, 5.41) is 1.84. The summed E-state index contributed by atoms with van der Waals surface area (Å²) < 4.78 is 45.1. The second-order valence-electron chi connectivity index (χ2n) is 9.59. The van der Waals surface area contributed by atoms with E-state index in [-0.39, 0.29) is 11.5 Å². The van der Waals surface area contributed by atoms with E-state index < -0.39 is 15.1 Å². The Bertz CT molecular complexity index is 1980. The Morgan fingerprint density at radius 1 is 1.13 bits per heavy atom. The van der Waals surface area contributed by atoms with Crippen LogP contribution in [-0.4, -0.2) is 49.6 Å². The van der Waals surface area contributed by atoms with Gasteiger partial charge in [-0.1, -0.05) is 24.1 Å². The molecule has 1 aliphatic rings. The molecule has 192 valence electrons. The van der Waals surface area contributed by atoms with Crippen molar-refractivity contribution in [2.45, 2.75) is 17.9 Å². The van der Waals surface area contributed by atoms with E-state index in [9.17, 15) is 17.1 Å². The van der Waals surface area contributed by atoms with Crippen LogP contribution in [0.2, 0.25) is 0 Å². The molecule has 7 nitrogen and oxygen atoms in total. The number of ether oxygens (including phenoxy) is 1. The summed E-state index contributed by atoms with van der Waals surface area (Å²) in [6.07, 6.45) is 5.61. The number of hydrogen-bond acceptors (Lipinski definition) is 5. The Kier molecular flexibility index (Phi) is 5.56. The minimum absolute atomic E-state index is 0.0918. The molecule has 3 aromatic carbocycles. The number of fused-ring (bicyclic) bond motifs is 4. The number of pyridine rings is 1. The highest BCUT2D eigenvalue weighted by Gasteiger charge is 2.30. The summed E-state index contributed by atoms with van der Waals surface area (Å²) in [4.78, 5) is 19.2. The van der Waals surface area contributed by atoms with Crippen LogP contribution in [0.15, 0.2) is 64.3 Å². The molecule has 1 aliphatic heterocycles. The van der Waals surface area contributed by atoms with E-state index in [0.29, 0.717) is 51.0 Å². The maximum Gasteiger partial charge on any atom is 0.332 e. The summed E-state index contributed by atoms with van der Waals surface area (Å²) in [6.45, 7) is 3.72. The Morgan fingerprint density at radius 2 is 1.92 bits per heavy atom. The van der Waals surface area contributed by atoms with Gasteiger partial charge in [0, 0.05) is 35.1 Å². The molecule has 5 aromatic rings. The molecule has 9 heteroatoms. The molecule has 0 aliphatic carbocycles. The van der Waals surface area contributed by atoms with E-state index in [1.807, 2.05) is 38.2 Å². The van der Waals surface area contributed by atoms with Crippen molar-refractivity contribution in [3.8, 4) is 29.2 Å². The average Bonchev–Trinajstić information content (AvgIpc) is 3.26. The van der Waals surface area contributed by atoms with E-state index >= 15 is 0 Å². The molecular formula is C29H24FN3O4S. The smallest absolute Gasteiger partial charge is 0.332 e. The van der Waals surface area contributed by atoms with Crippen molar-refractivity contribution in [2.75, 3.05) is 26.7 Å². The number of aromatic amines is 1. The number of likely N-dealkylation sites (N-methyl/N-ethyl adjacent to an activating group) is 1. The van der Waals surface area contributed by atoms with Gasteiger partial charge in [0.15, 0.2) is 5.43 Å². The minimum Gasteiger partial charge on any atom is -0.493 e. The molecule has 1 N–H and O–H groups in total. The normalized spacial score (nSPS) is 14.7. The molecule has 2 aromatic heterocycles. The Hall–Kier alpha value is -4.13. The second kappa shape index (κ2) is 8.72. The zero-order chi connectivity index (χ0) is 26.8. The van der Waals surface area contributed by atoms with Crippen molar-refractivity contribution < 1.29 is 17.0 Å². The average molecular weight is 530 g/mol. The van der Waals surface area contributed by atoms with E-state index in [2.05, 4.69) is 20.4 Å². The van der Waals surface area contributed by atoms with Crippen LogP contribution in [0.25, 0.3) is 44.0 Å². The monoisotopic (exact) mass is 529 g/mol. The molecule has 0 atom stereocenters. The largest absolute Gasteiger partial charge is 0.493 e. The summed E-state index contributed by atoms with van der Waals surface area (Å²) in [6, 6.07) is 14.9. The van der Waals surface area contributed by atoms with E-state index in [1.54, 1.807) is 12.1 Å². The fourth-order valence-electron chi connectivity index (χ4n) is 5.41. The number of aromatic nitrogens is 2. The molecule has 1 saturated heterocycles. The third-order valence-electron chi connectivity index (χ3n) is 7.15. The van der Waals surface area contributed by atoms with Gasteiger partial charge in [0.1, 0.15) is 11.4 Å². The summed E-state index contributed by atoms with van der Waals surface area (Å²) in [5.74, 6) is 3.05. The molecule has 0 radical (unpaired) electrons. The number of likely N-dealkylation sites (tertiary alicyclic amines) is 1. The zero-order valence-corrected chi connectivity index (χ0v) is 21.6. The van der Waals surface area contributed by atoms with Crippen molar-refractivity contribution in [2.24, 2.45) is 0 Å². The number of terminal acetylenes is 1. The fourth-order valence-corrected chi connectivity index (χ4v) is 5.92. The van der Waals surface area contributed by atoms with Crippen LogP contribution in [0.3, 0.4) is 0 Å². The highest BCUT2D eigenvalue weighted by atomic mass is 32.3. The van der Waals surface area contributed by atoms with Crippen LogP contribution in [0, 0.1) is 12.3 Å². The maximum atomic E-state index is 14.0. The van der Waals surface area contributed by atoms with Crippen molar-refractivity contribution in [3.63, 3.8) is 0 Å². The molecule has 0 bridgehead atoms. The number of nitrogens with zero attached hydrogens (tertiary/aromatic N) is 2. The molecule has 0 unspecified atom stereocenters. The zero-order valence-electron chi connectivity index (χ0n) is 20.8. The lowest BCUT2D eigenvalue weighted by molar-refractivity contribution is 0.146. The lowest BCUT2D eigenvalue weighted by atomic mass is 9.99. The van der Waals surface area contributed by atoms with Gasteiger partial charge in [0.2, 0.25) is 0 Å². The van der Waals surface area contributed by atoms with Crippen molar-refractivity contribution in [3.05, 3.63) is 70.4 Å². The number of benzene rings is 3. The summed E-state index contributed by atoms with van der Waals surface area (Å²) in [5.41, 5.74) is 3.74. The third kappa shape index (κ3) is 3.76. The predicted molar refractivity (Wildman–Crippen MR) is 147 cm³/mol. The van der Waals surface area contributed by atoms with Gasteiger partial charge in [-0.3, -0.25) is 4.79 Å². The third-order valence-corrected chi connectivity index (χ3v) is 7.97. The predicted octanol–water partition coefficient (Wildman–Crippen LogP) is 4.83. The highest BCUT2D eigenvalue weighted by Crippen LogP contribution is 2.38. The Balaban J connectivity index is 1.73. The standard InChI is InChI=1S/C29H24FN3O4S/c1-4-17-9-10-21-24(11-17)31-29-27(21)28(34)23-14-26(37-5-2)22(13-25(23)33(29)19-15-32(3)16-19)18-7-6-8-20(12-18)38(30,35)36/h1,6-14,19,31H,5,15-16H2,2-3H3. The molecular weight excluding hydrogens is 505 g/mol. The summed E-state index contributed by atoms with van der Waals surface area (Å²) in [7, 11) is -2.87. The van der Waals surface area contributed by atoms with Gasteiger partial charge in [0.05, 0.1) is 33.8 Å². The number of rotatable bonds is 5. The maximum absolute atomic E-state index is 14.0. The Labute approximate surface area is 218 Å². The van der Waals surface area contributed by atoms with Crippen LogP contribution in [0.5, 0.6) is 5.75 Å². The number of H-pyrrole nitrogens is 1. The SMILES string of the molecule is C#Cc1ccc2c(c1)[nH]c1c2c(=O)c2cc(OCC)c(-c3cccc(S(=O)(=O)F)c3)cc2n1C1CN(C)C1. The molecule has 3 heterocycles. The molecule has 38 heavy (non-hydrogen) atoms. The Morgan fingerprint density at radius 3 is 2.61 bits per heavy atom. The van der Waals surface area contributed by atoms with Gasteiger partial charge in [-0.05, 0) is 55.9 Å². The first-order chi connectivity index (χ1) is 18.2.